The number of nitrogens with zero attached hydrogens (tertiary/aromatic N) is 2. The number of hydrogen-bond donors (Lipinski definition) is 0. The highest BCUT2D eigenvalue weighted by Gasteiger charge is 2.04. The van der Waals surface area contributed by atoms with Crippen molar-refractivity contribution in [2.24, 2.45) is 7.05 Å². The standard InChI is InChI=1S/C7H10N2O/c1-6(5-10)7-3-4-9(2)8-7/h3-6H,1-2H3. The van der Waals surface area contributed by atoms with Crippen LogP contribution in [0.15, 0.2) is 12.3 Å². The van der Waals surface area contributed by atoms with Gasteiger partial charge in [-0.25, -0.2) is 0 Å². The highest BCUT2D eigenvalue weighted by molar-refractivity contribution is 5.59. The molecule has 0 amide bonds. The van der Waals surface area contributed by atoms with Crippen molar-refractivity contribution in [1.82, 2.24) is 9.78 Å². The van der Waals surface area contributed by atoms with Crippen LogP contribution < -0.4 is 0 Å². The van der Waals surface area contributed by atoms with Crippen LogP contribution in [0.5, 0.6) is 0 Å². The van der Waals surface area contributed by atoms with Gasteiger partial charge in [0.1, 0.15) is 6.29 Å². The lowest BCUT2D eigenvalue weighted by molar-refractivity contribution is -0.108. The Bertz CT molecular complexity index is 229. The molecule has 0 bridgehead atoms. The van der Waals surface area contributed by atoms with E-state index in [0.29, 0.717) is 0 Å². The van der Waals surface area contributed by atoms with E-state index in [1.54, 1.807) is 4.68 Å². The first-order valence-electron chi connectivity index (χ1n) is 3.19. The smallest absolute Gasteiger partial charge is 0.128 e. The van der Waals surface area contributed by atoms with Crippen LogP contribution in [0, 0.1) is 0 Å². The van der Waals surface area contributed by atoms with E-state index in [9.17, 15) is 4.79 Å². The Morgan fingerprint density at radius 1 is 1.80 bits per heavy atom. The number of aromatic nitrogens is 2. The topological polar surface area (TPSA) is 34.9 Å². The number of aldehydes is 1. The molecule has 0 saturated heterocycles. The fourth-order valence-corrected chi connectivity index (χ4v) is 0.746. The van der Waals surface area contributed by atoms with E-state index in [1.807, 2.05) is 26.2 Å². The molecule has 0 spiro atoms. The van der Waals surface area contributed by atoms with Crippen molar-refractivity contribution in [2.75, 3.05) is 0 Å². The van der Waals surface area contributed by atoms with E-state index in [-0.39, 0.29) is 5.92 Å². The maximum absolute atomic E-state index is 10.3. The van der Waals surface area contributed by atoms with E-state index in [1.165, 1.54) is 0 Å². The van der Waals surface area contributed by atoms with Crippen molar-refractivity contribution in [3.63, 3.8) is 0 Å². The summed E-state index contributed by atoms with van der Waals surface area (Å²) < 4.78 is 1.69. The lowest BCUT2D eigenvalue weighted by atomic mass is 10.1. The van der Waals surface area contributed by atoms with Crippen molar-refractivity contribution in [1.29, 1.82) is 0 Å². The normalized spacial score (nSPS) is 13.0. The molecule has 0 saturated carbocycles. The molecule has 0 radical (unpaired) electrons. The minimum absolute atomic E-state index is 0.0822. The minimum atomic E-state index is -0.0822. The lowest BCUT2D eigenvalue weighted by Gasteiger charge is -1.94. The van der Waals surface area contributed by atoms with E-state index >= 15 is 0 Å². The van der Waals surface area contributed by atoms with Gasteiger partial charge in [-0.15, -0.1) is 0 Å². The van der Waals surface area contributed by atoms with Gasteiger partial charge in [0.05, 0.1) is 11.6 Å². The molecule has 0 aliphatic rings. The van der Waals surface area contributed by atoms with Crippen LogP contribution >= 0.6 is 0 Å². The van der Waals surface area contributed by atoms with Gasteiger partial charge in [-0.3, -0.25) is 4.68 Å². The molecule has 1 aromatic rings. The van der Waals surface area contributed by atoms with Crippen LogP contribution in [0.1, 0.15) is 18.5 Å². The van der Waals surface area contributed by atoms with Crippen LogP contribution in [0.3, 0.4) is 0 Å². The number of rotatable bonds is 2. The molecule has 0 aliphatic heterocycles. The van der Waals surface area contributed by atoms with Crippen molar-refractivity contribution in [3.8, 4) is 0 Å². The molecule has 1 unspecified atom stereocenters. The maximum Gasteiger partial charge on any atom is 0.128 e. The Hall–Kier alpha value is -1.12. The third-order valence-corrected chi connectivity index (χ3v) is 1.40. The second-order valence-electron chi connectivity index (χ2n) is 2.34. The molecule has 1 aromatic heterocycles. The zero-order chi connectivity index (χ0) is 7.56. The summed E-state index contributed by atoms with van der Waals surface area (Å²) in [6.45, 7) is 1.83. The third kappa shape index (κ3) is 1.23. The first-order chi connectivity index (χ1) is 4.74. The second kappa shape index (κ2) is 2.64. The van der Waals surface area contributed by atoms with Gasteiger partial charge in [0.15, 0.2) is 0 Å². The average molecular weight is 138 g/mol. The van der Waals surface area contributed by atoms with Gasteiger partial charge in [-0.05, 0) is 6.07 Å². The first-order valence-corrected chi connectivity index (χ1v) is 3.19. The van der Waals surface area contributed by atoms with Crippen LogP contribution in [0.2, 0.25) is 0 Å². The van der Waals surface area contributed by atoms with Gasteiger partial charge in [-0.1, -0.05) is 6.92 Å². The fourth-order valence-electron chi connectivity index (χ4n) is 0.746. The molecule has 0 N–H and O–H groups in total. The number of aryl methyl sites for hydroxylation is 1. The molecular weight excluding hydrogens is 128 g/mol. The van der Waals surface area contributed by atoms with Crippen molar-refractivity contribution in [2.45, 2.75) is 12.8 Å². The molecule has 0 fully saturated rings. The quantitative estimate of drug-likeness (QED) is 0.564. The molecule has 10 heavy (non-hydrogen) atoms. The Labute approximate surface area is 59.7 Å². The predicted molar refractivity (Wildman–Crippen MR) is 37.7 cm³/mol. The van der Waals surface area contributed by atoms with Crippen molar-refractivity contribution >= 4 is 6.29 Å². The summed E-state index contributed by atoms with van der Waals surface area (Å²) in [5, 5.41) is 4.07. The molecule has 54 valence electrons. The van der Waals surface area contributed by atoms with Gasteiger partial charge >= 0.3 is 0 Å². The fraction of sp³-hybridized carbons (Fsp3) is 0.429. The molecule has 1 atom stereocenters. The number of hydrogen-bond acceptors (Lipinski definition) is 2. The van der Waals surface area contributed by atoms with Crippen molar-refractivity contribution in [3.05, 3.63) is 18.0 Å². The Morgan fingerprint density at radius 3 is 2.90 bits per heavy atom. The van der Waals surface area contributed by atoms with Crippen molar-refractivity contribution < 1.29 is 4.79 Å². The molecule has 0 aliphatic carbocycles. The Balaban J connectivity index is 2.84. The van der Waals surface area contributed by atoms with E-state index < -0.39 is 0 Å². The largest absolute Gasteiger partial charge is 0.303 e. The average Bonchev–Trinajstić information content (AvgIpc) is 2.34. The SMILES string of the molecule is CC(C=O)c1ccn(C)n1. The van der Waals surface area contributed by atoms with Crippen LogP contribution in [-0.2, 0) is 11.8 Å². The third-order valence-electron chi connectivity index (χ3n) is 1.40. The predicted octanol–water partition coefficient (Wildman–Crippen LogP) is 0.722. The molecule has 1 heterocycles. The summed E-state index contributed by atoms with van der Waals surface area (Å²) in [7, 11) is 1.83. The minimum Gasteiger partial charge on any atom is -0.303 e. The number of carbonyl (C=O) groups excluding carboxylic acids is 1. The maximum atomic E-state index is 10.3. The molecular formula is C7H10N2O. The van der Waals surface area contributed by atoms with Gasteiger partial charge < -0.3 is 4.79 Å². The Kier molecular flexibility index (Phi) is 1.85. The zero-order valence-electron chi connectivity index (χ0n) is 6.11. The summed E-state index contributed by atoms with van der Waals surface area (Å²) in [5.74, 6) is -0.0822. The summed E-state index contributed by atoms with van der Waals surface area (Å²) in [6.07, 6.45) is 2.72. The van der Waals surface area contributed by atoms with Crippen LogP contribution in [0.25, 0.3) is 0 Å². The second-order valence-corrected chi connectivity index (χ2v) is 2.34. The summed E-state index contributed by atoms with van der Waals surface area (Å²) in [4.78, 5) is 10.3. The monoisotopic (exact) mass is 138 g/mol. The van der Waals surface area contributed by atoms with E-state index in [2.05, 4.69) is 5.10 Å². The molecule has 3 nitrogen and oxygen atoms in total. The molecule has 0 aromatic carbocycles. The number of carbonyl (C=O) groups is 1. The van der Waals surface area contributed by atoms with E-state index in [4.69, 9.17) is 0 Å². The highest BCUT2D eigenvalue weighted by atomic mass is 16.1. The Morgan fingerprint density at radius 2 is 2.50 bits per heavy atom. The van der Waals surface area contributed by atoms with Gasteiger partial charge in [0.2, 0.25) is 0 Å². The van der Waals surface area contributed by atoms with Gasteiger partial charge in [0, 0.05) is 13.2 Å². The van der Waals surface area contributed by atoms with Gasteiger partial charge in [0.25, 0.3) is 0 Å². The van der Waals surface area contributed by atoms with Crippen LogP contribution in [0.4, 0.5) is 0 Å². The first kappa shape index (κ1) is 6.99. The lowest BCUT2D eigenvalue weighted by Crippen LogP contribution is -1.96. The highest BCUT2D eigenvalue weighted by Crippen LogP contribution is 2.07. The summed E-state index contributed by atoms with van der Waals surface area (Å²) in [6, 6.07) is 1.85. The van der Waals surface area contributed by atoms with Crippen LogP contribution in [-0.4, -0.2) is 16.1 Å². The van der Waals surface area contributed by atoms with Gasteiger partial charge in [-0.2, -0.15) is 5.10 Å². The zero-order valence-corrected chi connectivity index (χ0v) is 6.11. The summed E-state index contributed by atoms with van der Waals surface area (Å²) in [5.41, 5.74) is 0.831. The van der Waals surface area contributed by atoms with E-state index in [0.717, 1.165) is 12.0 Å². The molecule has 3 heteroatoms. The molecule has 1 rings (SSSR count). The summed E-state index contributed by atoms with van der Waals surface area (Å²) >= 11 is 0.